The number of nitrogens with zero attached hydrogens (tertiary/aromatic N) is 2. The van der Waals surface area contributed by atoms with Crippen molar-refractivity contribution in [3.05, 3.63) is 76.9 Å². The third kappa shape index (κ3) is 9.79. The van der Waals surface area contributed by atoms with Crippen molar-refractivity contribution in [2.75, 3.05) is 31.0 Å². The van der Waals surface area contributed by atoms with E-state index < -0.39 is 12.1 Å². The SMILES string of the molecule is COC(=O)CCCCC(=O)N[C@@H](C)C(=O)CN[C@@H](C)C(=O)Nc1cc(CCl)cc(COc2cc3c(cc2OC)C(=O)N2c4ccccc4C[C@H]2C=N3)c1. The molecule has 3 aromatic carbocycles. The monoisotopic (exact) mass is 745 g/mol. The van der Waals surface area contributed by atoms with Gasteiger partial charge in [-0.25, -0.2) is 0 Å². The standard InChI is InChI=1S/C39H44ClN5O8/c1-23(43-36(47)11-7-8-12-37(48)52-4)33(46)21-41-24(2)38(49)44-28-14-25(19-40)13-26(15-28)22-53-35-18-31-30(17-34(35)51-3)39(50)45-29(20-42-31)16-27-9-5-6-10-32(27)45/h5-6,9-10,13-15,17-18,20,23-24,29,41H,7-8,11-12,16,19,21-22H2,1-4H3,(H,43,47)(H,44,49)/t23-,24-,29-/m0/s1. The lowest BCUT2D eigenvalue weighted by Crippen LogP contribution is -2.46. The van der Waals surface area contributed by atoms with Crippen molar-refractivity contribution in [1.29, 1.82) is 0 Å². The van der Waals surface area contributed by atoms with E-state index in [9.17, 15) is 24.0 Å². The van der Waals surface area contributed by atoms with Crippen LogP contribution < -0.4 is 30.3 Å². The van der Waals surface area contributed by atoms with E-state index in [-0.39, 0.29) is 67.4 Å². The number of benzene rings is 3. The molecule has 0 bridgehead atoms. The Balaban J connectivity index is 1.16. The predicted octanol–water partition coefficient (Wildman–Crippen LogP) is 5.02. The lowest BCUT2D eigenvalue weighted by molar-refractivity contribution is -0.140. The topological polar surface area (TPSA) is 165 Å². The van der Waals surface area contributed by atoms with E-state index >= 15 is 0 Å². The van der Waals surface area contributed by atoms with Crippen LogP contribution in [0.1, 0.15) is 66.6 Å². The van der Waals surface area contributed by atoms with Gasteiger partial charge >= 0.3 is 5.97 Å². The number of carbonyl (C=O) groups is 5. The molecule has 13 nitrogen and oxygen atoms in total. The van der Waals surface area contributed by atoms with Gasteiger partial charge in [0, 0.05) is 48.8 Å². The lowest BCUT2D eigenvalue weighted by Gasteiger charge is -2.22. The van der Waals surface area contributed by atoms with Crippen LogP contribution in [0.2, 0.25) is 0 Å². The third-order valence-electron chi connectivity index (χ3n) is 9.10. The molecule has 2 aliphatic rings. The summed E-state index contributed by atoms with van der Waals surface area (Å²) in [7, 11) is 2.82. The van der Waals surface area contributed by atoms with Gasteiger partial charge in [-0.3, -0.25) is 39.2 Å². The number of esters is 1. The number of ether oxygens (including phenoxy) is 3. The molecule has 0 aromatic heterocycles. The van der Waals surface area contributed by atoms with Gasteiger partial charge in [-0.15, -0.1) is 11.6 Å². The molecule has 3 N–H and O–H groups in total. The van der Waals surface area contributed by atoms with Gasteiger partial charge in [0.05, 0.1) is 50.1 Å². The zero-order valence-electron chi connectivity index (χ0n) is 30.2. The van der Waals surface area contributed by atoms with Gasteiger partial charge in [-0.2, -0.15) is 0 Å². The quantitative estimate of drug-likeness (QED) is 0.0978. The number of Topliss-reactive ketones (excluding diaryl/α,β-unsaturated/α-hetero) is 1. The lowest BCUT2D eigenvalue weighted by atomic mass is 10.1. The number of methoxy groups -OCH3 is 2. The number of aliphatic imine (C=N–C) groups is 1. The number of amides is 3. The number of carbonyl (C=O) groups excluding carboxylic acids is 5. The summed E-state index contributed by atoms with van der Waals surface area (Å²) in [5.74, 6) is -0.499. The molecular formula is C39H44ClN5O8. The first-order valence-corrected chi connectivity index (χ1v) is 18.0. The maximum absolute atomic E-state index is 13.7. The predicted molar refractivity (Wildman–Crippen MR) is 201 cm³/mol. The number of anilines is 2. The van der Waals surface area contributed by atoms with E-state index in [1.165, 1.54) is 14.2 Å². The normalized spacial score (nSPS) is 15.3. The fourth-order valence-corrected chi connectivity index (χ4v) is 6.30. The zero-order chi connectivity index (χ0) is 38.1. The van der Waals surface area contributed by atoms with Crippen molar-refractivity contribution < 1.29 is 38.2 Å². The number of rotatable bonds is 17. The Labute approximate surface area is 313 Å². The fourth-order valence-electron chi connectivity index (χ4n) is 6.15. The van der Waals surface area contributed by atoms with Crippen molar-refractivity contribution in [2.45, 2.75) is 76.6 Å². The van der Waals surface area contributed by atoms with Crippen LogP contribution in [0.25, 0.3) is 0 Å². The zero-order valence-corrected chi connectivity index (χ0v) is 31.0. The second-order valence-electron chi connectivity index (χ2n) is 13.0. The van der Waals surface area contributed by atoms with E-state index in [1.54, 1.807) is 49.2 Å². The summed E-state index contributed by atoms with van der Waals surface area (Å²) < 4.78 is 16.4. The van der Waals surface area contributed by atoms with Crippen LogP contribution in [0, 0.1) is 0 Å². The molecule has 0 radical (unpaired) electrons. The highest BCUT2D eigenvalue weighted by Gasteiger charge is 2.36. The molecule has 0 spiro atoms. The molecule has 14 heteroatoms. The first-order chi connectivity index (χ1) is 25.5. The highest BCUT2D eigenvalue weighted by atomic mass is 35.5. The Morgan fingerprint density at radius 3 is 2.47 bits per heavy atom. The van der Waals surface area contributed by atoms with Crippen molar-refractivity contribution in [3.63, 3.8) is 0 Å². The van der Waals surface area contributed by atoms with E-state index in [2.05, 4.69) is 25.7 Å². The molecule has 3 amide bonds. The minimum absolute atomic E-state index is 0.0970. The van der Waals surface area contributed by atoms with Gasteiger partial charge in [-0.1, -0.05) is 24.3 Å². The average Bonchev–Trinajstić information content (AvgIpc) is 3.48. The molecular weight excluding hydrogens is 702 g/mol. The summed E-state index contributed by atoms with van der Waals surface area (Å²) in [5, 5.41) is 8.43. The highest BCUT2D eigenvalue weighted by Crippen LogP contribution is 2.41. The molecule has 0 fully saturated rings. The largest absolute Gasteiger partial charge is 0.493 e. The molecule has 0 aliphatic carbocycles. The number of nitrogens with one attached hydrogen (secondary N) is 3. The minimum atomic E-state index is -0.755. The summed E-state index contributed by atoms with van der Waals surface area (Å²) in [4.78, 5) is 69.3. The Morgan fingerprint density at radius 2 is 1.72 bits per heavy atom. The third-order valence-corrected chi connectivity index (χ3v) is 9.40. The van der Waals surface area contributed by atoms with E-state index in [1.807, 2.05) is 30.3 Å². The van der Waals surface area contributed by atoms with E-state index in [4.69, 9.17) is 21.1 Å². The second kappa shape index (κ2) is 18.0. The molecule has 3 atom stereocenters. The number of hydrogen-bond acceptors (Lipinski definition) is 10. The molecule has 53 heavy (non-hydrogen) atoms. The van der Waals surface area contributed by atoms with Gasteiger partial charge in [0.15, 0.2) is 17.3 Å². The summed E-state index contributed by atoms with van der Waals surface area (Å²) in [6.45, 7) is 3.17. The van der Waals surface area contributed by atoms with Crippen LogP contribution in [-0.2, 0) is 42.8 Å². The van der Waals surface area contributed by atoms with Crippen LogP contribution >= 0.6 is 11.6 Å². The molecule has 0 unspecified atom stereocenters. The summed E-state index contributed by atoms with van der Waals surface area (Å²) in [5.41, 5.74) is 4.81. The second-order valence-corrected chi connectivity index (χ2v) is 13.2. The Bertz CT molecular complexity index is 1900. The van der Waals surface area contributed by atoms with Crippen molar-refractivity contribution >= 4 is 64.4 Å². The molecule has 0 saturated carbocycles. The molecule has 2 aliphatic heterocycles. The van der Waals surface area contributed by atoms with Gasteiger partial charge in [0.25, 0.3) is 5.91 Å². The number of para-hydroxylation sites is 1. The Morgan fingerprint density at radius 1 is 0.962 bits per heavy atom. The minimum Gasteiger partial charge on any atom is -0.493 e. The number of ketones is 1. The fraction of sp³-hybridized carbons (Fsp3) is 0.385. The number of alkyl halides is 1. The number of halogens is 1. The molecule has 2 heterocycles. The summed E-state index contributed by atoms with van der Waals surface area (Å²) in [6, 6.07) is 14.9. The van der Waals surface area contributed by atoms with E-state index in [0.717, 1.165) is 22.4 Å². The van der Waals surface area contributed by atoms with Crippen LogP contribution in [0.3, 0.4) is 0 Å². The van der Waals surface area contributed by atoms with Crippen molar-refractivity contribution in [1.82, 2.24) is 10.6 Å². The molecule has 3 aromatic rings. The number of fused-ring (bicyclic) bond motifs is 4. The van der Waals surface area contributed by atoms with Gasteiger partial charge in [0.2, 0.25) is 11.8 Å². The Hall–Kier alpha value is -5.27. The first kappa shape index (κ1) is 38.9. The van der Waals surface area contributed by atoms with Gasteiger partial charge in [-0.05, 0) is 67.6 Å². The maximum atomic E-state index is 13.7. The van der Waals surface area contributed by atoms with Crippen LogP contribution in [0.4, 0.5) is 17.1 Å². The van der Waals surface area contributed by atoms with Crippen LogP contribution in [-0.4, -0.2) is 74.6 Å². The summed E-state index contributed by atoms with van der Waals surface area (Å²) in [6.07, 6.45) is 3.89. The number of hydrogen-bond donors (Lipinski definition) is 3. The smallest absolute Gasteiger partial charge is 0.305 e. The first-order valence-electron chi connectivity index (χ1n) is 17.4. The van der Waals surface area contributed by atoms with E-state index in [0.29, 0.717) is 47.7 Å². The van der Waals surface area contributed by atoms with Crippen molar-refractivity contribution in [3.8, 4) is 11.5 Å². The number of unbranched alkanes of at least 4 members (excludes halogenated alkanes) is 1. The molecule has 280 valence electrons. The van der Waals surface area contributed by atoms with Gasteiger partial charge in [0.1, 0.15) is 6.61 Å². The van der Waals surface area contributed by atoms with Crippen LogP contribution in [0.15, 0.2) is 59.6 Å². The van der Waals surface area contributed by atoms with Crippen LogP contribution in [0.5, 0.6) is 11.5 Å². The molecule has 0 saturated heterocycles. The van der Waals surface area contributed by atoms with Crippen molar-refractivity contribution in [2.24, 2.45) is 4.99 Å². The Kier molecular flexibility index (Phi) is 13.2. The maximum Gasteiger partial charge on any atom is 0.305 e. The summed E-state index contributed by atoms with van der Waals surface area (Å²) >= 11 is 6.20. The van der Waals surface area contributed by atoms with Gasteiger partial charge < -0.3 is 24.8 Å². The highest BCUT2D eigenvalue weighted by molar-refractivity contribution is 6.17. The molecule has 5 rings (SSSR count). The average molecular weight is 746 g/mol.